The molecule has 1 saturated heterocycles. The fraction of sp³-hybridized carbons (Fsp3) is 1.00. The highest BCUT2D eigenvalue weighted by atomic mass is 16.9. The lowest BCUT2D eigenvalue weighted by molar-refractivity contribution is -0.382. The van der Waals surface area contributed by atoms with Crippen LogP contribution in [0, 0.1) is 5.92 Å². The zero-order chi connectivity index (χ0) is 8.43. The third-order valence-corrected chi connectivity index (χ3v) is 1.58. The van der Waals surface area contributed by atoms with E-state index in [1.807, 2.05) is 13.8 Å². The van der Waals surface area contributed by atoms with Crippen molar-refractivity contribution in [1.29, 1.82) is 0 Å². The molecule has 2 atom stereocenters. The minimum absolute atomic E-state index is 0.117. The molecule has 0 bridgehead atoms. The Balaban J connectivity index is 2.43. The van der Waals surface area contributed by atoms with E-state index in [0.717, 1.165) is 0 Å². The molecule has 66 valence electrons. The minimum atomic E-state index is -0.147. The maximum absolute atomic E-state index is 5.37. The molecule has 1 heterocycles. The van der Waals surface area contributed by atoms with E-state index in [1.54, 1.807) is 0 Å². The van der Waals surface area contributed by atoms with Gasteiger partial charge in [0.25, 0.3) is 0 Å². The van der Waals surface area contributed by atoms with Crippen molar-refractivity contribution in [2.75, 3.05) is 0 Å². The van der Waals surface area contributed by atoms with Gasteiger partial charge in [-0.15, -0.1) is 0 Å². The summed E-state index contributed by atoms with van der Waals surface area (Å²) < 4.78 is 16.0. The second-order valence-corrected chi connectivity index (χ2v) is 3.16. The highest BCUT2D eigenvalue weighted by molar-refractivity contribution is 4.55. The fourth-order valence-electron chi connectivity index (χ4n) is 1.06. The van der Waals surface area contributed by atoms with Crippen LogP contribution in [-0.4, -0.2) is 18.9 Å². The van der Waals surface area contributed by atoms with Gasteiger partial charge in [-0.3, -0.25) is 0 Å². The molecule has 0 radical (unpaired) electrons. The Kier molecular flexibility index (Phi) is 2.87. The van der Waals surface area contributed by atoms with Crippen molar-refractivity contribution in [2.45, 2.75) is 46.6 Å². The lowest BCUT2D eigenvalue weighted by atomic mass is 10.2. The summed E-state index contributed by atoms with van der Waals surface area (Å²) in [5.41, 5.74) is 0. The van der Waals surface area contributed by atoms with E-state index < -0.39 is 0 Å². The summed E-state index contributed by atoms with van der Waals surface area (Å²) in [4.78, 5) is 0. The Hall–Kier alpha value is -0.120. The summed E-state index contributed by atoms with van der Waals surface area (Å²) in [6, 6.07) is 0. The second-order valence-electron chi connectivity index (χ2n) is 3.16. The number of rotatable bonds is 1. The molecule has 0 saturated carbocycles. The third-order valence-electron chi connectivity index (χ3n) is 1.58. The predicted molar refractivity (Wildman–Crippen MR) is 40.8 cm³/mol. The molecule has 1 rings (SSSR count). The summed E-state index contributed by atoms with van der Waals surface area (Å²) in [6.45, 7) is 7.90. The zero-order valence-electron chi connectivity index (χ0n) is 7.53. The van der Waals surface area contributed by atoms with Crippen LogP contribution in [-0.2, 0) is 14.2 Å². The van der Waals surface area contributed by atoms with Crippen LogP contribution < -0.4 is 0 Å². The molecule has 2 unspecified atom stereocenters. The normalized spacial score (nSPS) is 39.5. The van der Waals surface area contributed by atoms with Gasteiger partial charge < -0.3 is 14.2 Å². The van der Waals surface area contributed by atoms with Gasteiger partial charge in [0.05, 0.1) is 0 Å². The molecule has 0 spiro atoms. The van der Waals surface area contributed by atoms with Crippen LogP contribution in [0.2, 0.25) is 0 Å². The molecule has 3 heteroatoms. The highest BCUT2D eigenvalue weighted by Gasteiger charge is 2.27. The summed E-state index contributed by atoms with van der Waals surface area (Å²) in [7, 11) is 0. The van der Waals surface area contributed by atoms with Crippen molar-refractivity contribution < 1.29 is 14.2 Å². The molecule has 0 amide bonds. The monoisotopic (exact) mass is 160 g/mol. The van der Waals surface area contributed by atoms with E-state index in [0.29, 0.717) is 5.92 Å². The summed E-state index contributed by atoms with van der Waals surface area (Å²) in [5, 5.41) is 0. The molecule has 0 N–H and O–H groups in total. The van der Waals surface area contributed by atoms with E-state index in [1.165, 1.54) is 0 Å². The second kappa shape index (κ2) is 3.52. The van der Waals surface area contributed by atoms with E-state index in [2.05, 4.69) is 13.8 Å². The van der Waals surface area contributed by atoms with Crippen LogP contribution in [0.1, 0.15) is 27.7 Å². The summed E-state index contributed by atoms with van der Waals surface area (Å²) >= 11 is 0. The Morgan fingerprint density at radius 1 is 0.909 bits per heavy atom. The standard InChI is InChI=1S/C8H16O3/c1-5(2)8-10-6(3)9-7(4)11-8/h5-8H,1-4H3. The Labute approximate surface area is 67.6 Å². The molecule has 1 fully saturated rings. The van der Waals surface area contributed by atoms with Gasteiger partial charge in [0.2, 0.25) is 0 Å². The maximum Gasteiger partial charge on any atom is 0.166 e. The van der Waals surface area contributed by atoms with Gasteiger partial charge in [-0.25, -0.2) is 0 Å². The lowest BCUT2D eigenvalue weighted by Gasteiger charge is -2.34. The number of hydrogen-bond donors (Lipinski definition) is 0. The van der Waals surface area contributed by atoms with Crippen LogP contribution >= 0.6 is 0 Å². The molecule has 0 aromatic heterocycles. The minimum Gasteiger partial charge on any atom is -0.324 e. The first-order chi connectivity index (χ1) is 5.09. The van der Waals surface area contributed by atoms with Crippen molar-refractivity contribution in [3.05, 3.63) is 0 Å². The molecule has 11 heavy (non-hydrogen) atoms. The highest BCUT2D eigenvalue weighted by Crippen LogP contribution is 2.20. The van der Waals surface area contributed by atoms with Gasteiger partial charge in [-0.2, -0.15) is 0 Å². The third kappa shape index (κ3) is 2.43. The average molecular weight is 160 g/mol. The lowest BCUT2D eigenvalue weighted by Crippen LogP contribution is -2.40. The molecular weight excluding hydrogens is 144 g/mol. The fourth-order valence-corrected chi connectivity index (χ4v) is 1.06. The topological polar surface area (TPSA) is 27.7 Å². The molecule has 0 aromatic carbocycles. The van der Waals surface area contributed by atoms with E-state index in [9.17, 15) is 0 Å². The predicted octanol–water partition coefficient (Wildman–Crippen LogP) is 1.72. The first-order valence-corrected chi connectivity index (χ1v) is 4.06. The molecule has 3 nitrogen and oxygen atoms in total. The Morgan fingerprint density at radius 2 is 1.36 bits per heavy atom. The Bertz CT molecular complexity index is 115. The molecule has 0 aromatic rings. The van der Waals surface area contributed by atoms with Crippen LogP contribution in [0.3, 0.4) is 0 Å². The van der Waals surface area contributed by atoms with Crippen molar-refractivity contribution in [1.82, 2.24) is 0 Å². The number of ether oxygens (including phenoxy) is 3. The summed E-state index contributed by atoms with van der Waals surface area (Å²) in [5.74, 6) is 0.379. The average Bonchev–Trinajstić information content (AvgIpc) is 1.85. The van der Waals surface area contributed by atoms with Crippen LogP contribution in [0.5, 0.6) is 0 Å². The van der Waals surface area contributed by atoms with Crippen LogP contribution in [0.15, 0.2) is 0 Å². The molecular formula is C8H16O3. The quantitative estimate of drug-likeness (QED) is 0.584. The van der Waals surface area contributed by atoms with E-state index >= 15 is 0 Å². The van der Waals surface area contributed by atoms with Gasteiger partial charge in [0, 0.05) is 5.92 Å². The maximum atomic E-state index is 5.37. The van der Waals surface area contributed by atoms with E-state index in [-0.39, 0.29) is 18.9 Å². The van der Waals surface area contributed by atoms with Crippen molar-refractivity contribution in [3.63, 3.8) is 0 Å². The van der Waals surface area contributed by atoms with Crippen molar-refractivity contribution >= 4 is 0 Å². The molecule has 1 aliphatic heterocycles. The number of hydrogen-bond acceptors (Lipinski definition) is 3. The van der Waals surface area contributed by atoms with Gasteiger partial charge in [0.15, 0.2) is 18.9 Å². The molecule has 1 aliphatic rings. The molecule has 0 aliphatic carbocycles. The first kappa shape index (κ1) is 8.97. The zero-order valence-corrected chi connectivity index (χ0v) is 7.53. The van der Waals surface area contributed by atoms with Gasteiger partial charge >= 0.3 is 0 Å². The van der Waals surface area contributed by atoms with Crippen LogP contribution in [0.4, 0.5) is 0 Å². The van der Waals surface area contributed by atoms with Gasteiger partial charge in [-0.1, -0.05) is 13.8 Å². The van der Waals surface area contributed by atoms with E-state index in [4.69, 9.17) is 14.2 Å². The largest absolute Gasteiger partial charge is 0.324 e. The van der Waals surface area contributed by atoms with Crippen molar-refractivity contribution in [2.24, 2.45) is 5.92 Å². The van der Waals surface area contributed by atoms with Crippen molar-refractivity contribution in [3.8, 4) is 0 Å². The summed E-state index contributed by atoms with van der Waals surface area (Å²) in [6.07, 6.45) is -0.411. The van der Waals surface area contributed by atoms with Gasteiger partial charge in [0.1, 0.15) is 0 Å². The SMILES string of the molecule is CC1OC(C)OC(C(C)C)O1. The van der Waals surface area contributed by atoms with Crippen LogP contribution in [0.25, 0.3) is 0 Å². The smallest absolute Gasteiger partial charge is 0.166 e. The Morgan fingerprint density at radius 3 is 1.73 bits per heavy atom. The van der Waals surface area contributed by atoms with Gasteiger partial charge in [-0.05, 0) is 13.8 Å². The first-order valence-electron chi connectivity index (χ1n) is 4.06.